The molecule has 2 atom stereocenters. The normalized spacial score (nSPS) is 20.0. The van der Waals surface area contributed by atoms with Gasteiger partial charge in [0.1, 0.15) is 24.4 Å². The van der Waals surface area contributed by atoms with E-state index in [1.807, 2.05) is 55.5 Å². The molecule has 1 aliphatic carbocycles. The van der Waals surface area contributed by atoms with Crippen molar-refractivity contribution in [3.05, 3.63) is 59.7 Å². The van der Waals surface area contributed by atoms with E-state index in [2.05, 4.69) is 5.32 Å². The fourth-order valence-corrected chi connectivity index (χ4v) is 4.91. The summed E-state index contributed by atoms with van der Waals surface area (Å²) in [6.45, 7) is 2.54. The summed E-state index contributed by atoms with van der Waals surface area (Å²) in [5.74, 6) is 0.150. The van der Waals surface area contributed by atoms with Crippen molar-refractivity contribution in [2.24, 2.45) is 5.92 Å². The first-order chi connectivity index (χ1) is 16.0. The lowest BCUT2D eigenvalue weighted by Gasteiger charge is -2.28. The number of carbonyl (C=O) groups excluding carboxylic acids is 1. The first-order valence-corrected chi connectivity index (χ1v) is 12.1. The van der Waals surface area contributed by atoms with Crippen molar-refractivity contribution >= 4 is 17.6 Å². The number of para-hydroxylation sites is 2. The summed E-state index contributed by atoms with van der Waals surface area (Å²) in [6, 6.07) is 14.1. The number of carboxylic acid groups (broad SMARTS) is 1. The van der Waals surface area contributed by atoms with Gasteiger partial charge in [-0.2, -0.15) is 0 Å². The third-order valence-electron chi connectivity index (χ3n) is 6.88. The van der Waals surface area contributed by atoms with Crippen molar-refractivity contribution < 1.29 is 19.4 Å². The molecule has 0 spiro atoms. The number of nitrogens with zero attached hydrogens (tertiary/aromatic N) is 1. The van der Waals surface area contributed by atoms with Crippen LogP contribution in [-0.4, -0.2) is 35.7 Å². The van der Waals surface area contributed by atoms with Gasteiger partial charge < -0.3 is 14.7 Å². The maximum Gasteiger partial charge on any atom is 0.320 e. The summed E-state index contributed by atoms with van der Waals surface area (Å²) in [6.07, 6.45) is 7.50. The third kappa shape index (κ3) is 5.93. The topological polar surface area (TPSA) is 78.9 Å². The number of rotatable bonds is 8. The molecule has 176 valence electrons. The number of amides is 1. The third-order valence-corrected chi connectivity index (χ3v) is 6.88. The Morgan fingerprint density at radius 2 is 1.85 bits per heavy atom. The summed E-state index contributed by atoms with van der Waals surface area (Å²) in [5, 5.41) is 13.0. The maximum absolute atomic E-state index is 13.6. The molecule has 4 rings (SSSR count). The number of fused-ring (bicyclic) bond motifs is 1. The average molecular weight is 451 g/mol. The molecule has 1 fully saturated rings. The molecule has 1 heterocycles. The van der Waals surface area contributed by atoms with E-state index in [0.717, 1.165) is 17.5 Å². The predicted octanol–water partition coefficient (Wildman–Crippen LogP) is 4.69. The van der Waals surface area contributed by atoms with Gasteiger partial charge >= 0.3 is 5.97 Å². The van der Waals surface area contributed by atoms with Crippen molar-refractivity contribution in [2.45, 2.75) is 70.5 Å². The molecule has 2 N–H and O–H groups in total. The molecule has 0 aromatic heterocycles. The van der Waals surface area contributed by atoms with Gasteiger partial charge in [-0.05, 0) is 43.4 Å². The number of carboxylic acids is 1. The Bertz CT molecular complexity index is 953. The lowest BCUT2D eigenvalue weighted by Crippen LogP contribution is -2.53. The van der Waals surface area contributed by atoms with Crippen LogP contribution in [0.15, 0.2) is 48.5 Å². The van der Waals surface area contributed by atoms with Crippen LogP contribution >= 0.6 is 0 Å². The fraction of sp³-hybridized carbons (Fsp3) is 0.481. The zero-order valence-corrected chi connectivity index (χ0v) is 19.3. The molecule has 1 saturated carbocycles. The molecular weight excluding hydrogens is 416 g/mol. The van der Waals surface area contributed by atoms with E-state index >= 15 is 0 Å². The van der Waals surface area contributed by atoms with Gasteiger partial charge in [0, 0.05) is 0 Å². The van der Waals surface area contributed by atoms with E-state index < -0.39 is 18.1 Å². The maximum atomic E-state index is 13.6. The quantitative estimate of drug-likeness (QED) is 0.610. The molecule has 1 unspecified atom stereocenters. The van der Waals surface area contributed by atoms with E-state index in [1.165, 1.54) is 32.1 Å². The molecule has 6 nitrogen and oxygen atoms in total. The highest BCUT2D eigenvalue weighted by molar-refractivity contribution is 5.99. The van der Waals surface area contributed by atoms with Crippen molar-refractivity contribution in [3.8, 4) is 5.75 Å². The highest BCUT2D eigenvalue weighted by atomic mass is 16.5. The van der Waals surface area contributed by atoms with Crippen LogP contribution in [0.2, 0.25) is 0 Å². The van der Waals surface area contributed by atoms with Crippen LogP contribution in [0.5, 0.6) is 5.75 Å². The molecule has 1 amide bonds. The van der Waals surface area contributed by atoms with Gasteiger partial charge in [0.05, 0.1) is 12.2 Å². The second-order valence-corrected chi connectivity index (χ2v) is 9.38. The van der Waals surface area contributed by atoms with Crippen molar-refractivity contribution in [3.63, 3.8) is 0 Å². The van der Waals surface area contributed by atoms with Crippen molar-refractivity contribution in [2.75, 3.05) is 11.5 Å². The molecule has 2 aromatic carbocycles. The van der Waals surface area contributed by atoms with Crippen molar-refractivity contribution in [1.82, 2.24) is 5.32 Å². The Labute approximate surface area is 195 Å². The number of carbonyl (C=O) groups is 2. The van der Waals surface area contributed by atoms with Gasteiger partial charge in [-0.25, -0.2) is 0 Å². The molecule has 0 saturated heterocycles. The summed E-state index contributed by atoms with van der Waals surface area (Å²) >= 11 is 0. The van der Waals surface area contributed by atoms with Crippen LogP contribution in [0.3, 0.4) is 0 Å². The lowest BCUT2D eigenvalue weighted by molar-refractivity contribution is -0.140. The molecule has 1 aliphatic heterocycles. The zero-order chi connectivity index (χ0) is 23.2. The number of aryl methyl sites for hydroxylation is 1. The molecular formula is C27H34N2O4. The van der Waals surface area contributed by atoms with E-state index in [9.17, 15) is 14.7 Å². The van der Waals surface area contributed by atoms with E-state index in [1.54, 1.807) is 4.90 Å². The monoisotopic (exact) mass is 450 g/mol. The summed E-state index contributed by atoms with van der Waals surface area (Å²) in [4.78, 5) is 27.4. The van der Waals surface area contributed by atoms with Gasteiger partial charge in [-0.3, -0.25) is 14.9 Å². The Balaban J connectivity index is 1.51. The highest BCUT2D eigenvalue weighted by Crippen LogP contribution is 2.33. The van der Waals surface area contributed by atoms with Crippen molar-refractivity contribution in [1.29, 1.82) is 0 Å². The van der Waals surface area contributed by atoms with Gasteiger partial charge in [-0.15, -0.1) is 0 Å². The van der Waals surface area contributed by atoms with Crippen LogP contribution in [0, 0.1) is 12.8 Å². The molecule has 33 heavy (non-hydrogen) atoms. The molecule has 0 radical (unpaired) electrons. The number of aliphatic carboxylic acids is 1. The van der Waals surface area contributed by atoms with Crippen LogP contribution in [-0.2, 0) is 16.1 Å². The van der Waals surface area contributed by atoms with Gasteiger partial charge in [-0.1, -0.05) is 74.1 Å². The minimum Gasteiger partial charge on any atom is -0.489 e. The van der Waals surface area contributed by atoms with Gasteiger partial charge in [0.25, 0.3) is 0 Å². The Kier molecular flexibility index (Phi) is 7.65. The van der Waals surface area contributed by atoms with E-state index in [4.69, 9.17) is 4.74 Å². The number of hydrogen-bond acceptors (Lipinski definition) is 4. The van der Waals surface area contributed by atoms with Crippen LogP contribution < -0.4 is 15.0 Å². The smallest absolute Gasteiger partial charge is 0.320 e. The van der Waals surface area contributed by atoms with Crippen LogP contribution in [0.1, 0.15) is 56.1 Å². The molecule has 0 bridgehead atoms. The average Bonchev–Trinajstić information content (AvgIpc) is 2.95. The first-order valence-electron chi connectivity index (χ1n) is 12.1. The Morgan fingerprint density at radius 3 is 2.58 bits per heavy atom. The number of anilines is 1. The molecule has 6 heteroatoms. The van der Waals surface area contributed by atoms with E-state index in [0.29, 0.717) is 30.3 Å². The highest BCUT2D eigenvalue weighted by Gasteiger charge is 2.34. The van der Waals surface area contributed by atoms with E-state index in [-0.39, 0.29) is 12.5 Å². The largest absolute Gasteiger partial charge is 0.489 e. The number of hydrogen-bond donors (Lipinski definition) is 2. The number of nitrogens with one attached hydrogen (secondary N) is 1. The summed E-state index contributed by atoms with van der Waals surface area (Å²) in [7, 11) is 0. The minimum absolute atomic E-state index is 0.105. The summed E-state index contributed by atoms with van der Waals surface area (Å²) < 4.78 is 5.98. The SMILES string of the molecule is Cc1ccc(CN2C(=O)C(N[C@@H](CCC3CCCCC3)C(=O)O)COc3ccccc32)cc1. The zero-order valence-electron chi connectivity index (χ0n) is 19.3. The van der Waals surface area contributed by atoms with Crippen LogP contribution in [0.25, 0.3) is 0 Å². The standard InChI is InChI=1S/C27H34N2O4/c1-19-11-13-21(14-12-19)17-29-24-9-5-6-10-25(24)33-18-23(26(29)30)28-22(27(31)32)16-15-20-7-3-2-4-8-20/h5-6,9-14,20,22-23,28H,2-4,7-8,15-18H2,1H3,(H,31,32)/t22-,23?/m0/s1. The Hall–Kier alpha value is -2.86. The van der Waals surface area contributed by atoms with Gasteiger partial charge in [0.15, 0.2) is 0 Å². The predicted molar refractivity (Wildman–Crippen MR) is 128 cm³/mol. The Morgan fingerprint density at radius 1 is 1.12 bits per heavy atom. The molecule has 2 aromatic rings. The second-order valence-electron chi connectivity index (χ2n) is 9.38. The van der Waals surface area contributed by atoms with Crippen LogP contribution in [0.4, 0.5) is 5.69 Å². The number of benzene rings is 2. The lowest BCUT2D eigenvalue weighted by atomic mass is 9.85. The second kappa shape index (κ2) is 10.8. The summed E-state index contributed by atoms with van der Waals surface area (Å²) in [5.41, 5.74) is 2.88. The fourth-order valence-electron chi connectivity index (χ4n) is 4.91. The molecule has 2 aliphatic rings. The minimum atomic E-state index is -0.912. The van der Waals surface area contributed by atoms with Gasteiger partial charge in [0.2, 0.25) is 5.91 Å². The number of ether oxygens (including phenoxy) is 1. The first kappa shape index (κ1) is 23.3.